The van der Waals surface area contributed by atoms with Gasteiger partial charge in [-0.3, -0.25) is 9.97 Å². The van der Waals surface area contributed by atoms with E-state index in [1.807, 2.05) is 30.6 Å². The van der Waals surface area contributed by atoms with E-state index in [1.165, 1.54) is 24.0 Å². The molecule has 2 N–H and O–H groups in total. The average molecular weight is 372 g/mol. The molecule has 2 aliphatic rings. The second-order valence-electron chi connectivity index (χ2n) is 7.71. The summed E-state index contributed by atoms with van der Waals surface area (Å²) >= 11 is 0. The summed E-state index contributed by atoms with van der Waals surface area (Å²) in [5, 5.41) is 7.19. The summed E-state index contributed by atoms with van der Waals surface area (Å²) in [6.45, 7) is 3.85. The van der Waals surface area contributed by atoms with Crippen LogP contribution in [0.5, 0.6) is 0 Å². The van der Waals surface area contributed by atoms with E-state index in [4.69, 9.17) is 9.97 Å². The number of hydrogen-bond acceptors (Lipinski definition) is 6. The summed E-state index contributed by atoms with van der Waals surface area (Å²) in [5.74, 6) is 2.29. The number of aryl methyl sites for hydroxylation is 1. The molecule has 0 unspecified atom stereocenters. The van der Waals surface area contributed by atoms with Crippen LogP contribution < -0.4 is 10.6 Å². The van der Waals surface area contributed by atoms with Crippen LogP contribution in [0.25, 0.3) is 11.4 Å². The lowest BCUT2D eigenvalue weighted by Gasteiger charge is -2.24. The van der Waals surface area contributed by atoms with Crippen molar-refractivity contribution in [1.29, 1.82) is 0 Å². The first-order valence-corrected chi connectivity index (χ1v) is 9.98. The molecule has 142 valence electrons. The molecular weight excluding hydrogens is 348 g/mol. The van der Waals surface area contributed by atoms with E-state index in [0.29, 0.717) is 5.92 Å². The minimum atomic E-state index is 0.190. The minimum absolute atomic E-state index is 0.190. The molecule has 1 fully saturated rings. The van der Waals surface area contributed by atoms with Crippen molar-refractivity contribution >= 4 is 5.82 Å². The van der Waals surface area contributed by atoms with E-state index in [1.54, 1.807) is 6.20 Å². The fraction of sp³-hybridized carbons (Fsp3) is 0.364. The Balaban J connectivity index is 1.56. The SMILES string of the molecule is Cc1ccnc([C@@H](Nc2nc(-c3cccnc3)nc3c2CCNC3)C2CC2)c1. The maximum Gasteiger partial charge on any atom is 0.163 e. The molecule has 28 heavy (non-hydrogen) atoms. The molecule has 0 saturated heterocycles. The highest BCUT2D eigenvalue weighted by atomic mass is 15.1. The van der Waals surface area contributed by atoms with Crippen molar-refractivity contribution in [3.63, 3.8) is 0 Å². The van der Waals surface area contributed by atoms with Gasteiger partial charge in [0.15, 0.2) is 5.82 Å². The zero-order valence-corrected chi connectivity index (χ0v) is 16.0. The third kappa shape index (κ3) is 3.47. The molecule has 0 bridgehead atoms. The molecule has 6 heteroatoms. The molecule has 0 amide bonds. The van der Waals surface area contributed by atoms with Crippen molar-refractivity contribution < 1.29 is 0 Å². The highest BCUT2D eigenvalue weighted by Crippen LogP contribution is 2.43. The lowest BCUT2D eigenvalue weighted by Crippen LogP contribution is -2.27. The molecule has 3 aromatic heterocycles. The fourth-order valence-electron chi connectivity index (χ4n) is 3.84. The topological polar surface area (TPSA) is 75.6 Å². The van der Waals surface area contributed by atoms with E-state index in [-0.39, 0.29) is 6.04 Å². The van der Waals surface area contributed by atoms with Crippen molar-refractivity contribution in [1.82, 2.24) is 25.3 Å². The quantitative estimate of drug-likeness (QED) is 0.714. The first-order chi connectivity index (χ1) is 13.8. The fourth-order valence-corrected chi connectivity index (χ4v) is 3.84. The predicted octanol–water partition coefficient (Wildman–Crippen LogP) is 3.45. The smallest absolute Gasteiger partial charge is 0.163 e. The third-order valence-electron chi connectivity index (χ3n) is 5.50. The molecule has 6 nitrogen and oxygen atoms in total. The van der Waals surface area contributed by atoms with Crippen molar-refractivity contribution in [2.45, 2.75) is 38.8 Å². The maximum absolute atomic E-state index is 4.94. The van der Waals surface area contributed by atoms with Crippen LogP contribution in [0, 0.1) is 12.8 Å². The Morgan fingerprint density at radius 3 is 2.89 bits per heavy atom. The van der Waals surface area contributed by atoms with Gasteiger partial charge >= 0.3 is 0 Å². The summed E-state index contributed by atoms with van der Waals surface area (Å²) < 4.78 is 0. The van der Waals surface area contributed by atoms with Crippen molar-refractivity contribution in [3.8, 4) is 11.4 Å². The zero-order valence-electron chi connectivity index (χ0n) is 16.0. The lowest BCUT2D eigenvalue weighted by molar-refractivity contribution is 0.615. The van der Waals surface area contributed by atoms with Gasteiger partial charge in [0.1, 0.15) is 5.82 Å². The summed E-state index contributed by atoms with van der Waals surface area (Å²) in [7, 11) is 0. The molecule has 1 saturated carbocycles. The number of nitrogens with one attached hydrogen (secondary N) is 2. The van der Waals surface area contributed by atoms with Crippen molar-refractivity contribution in [2.24, 2.45) is 5.92 Å². The summed E-state index contributed by atoms with van der Waals surface area (Å²) in [5.41, 5.74) is 5.59. The van der Waals surface area contributed by atoms with Crippen LogP contribution in [0.15, 0.2) is 42.9 Å². The molecule has 0 spiro atoms. The van der Waals surface area contributed by atoms with E-state index in [9.17, 15) is 0 Å². The minimum Gasteiger partial charge on any atom is -0.361 e. The first kappa shape index (κ1) is 17.3. The number of pyridine rings is 2. The van der Waals surface area contributed by atoms with Gasteiger partial charge in [-0.15, -0.1) is 0 Å². The van der Waals surface area contributed by atoms with E-state index < -0.39 is 0 Å². The van der Waals surface area contributed by atoms with Crippen LogP contribution in [0.4, 0.5) is 5.82 Å². The number of anilines is 1. The highest BCUT2D eigenvalue weighted by Gasteiger charge is 2.34. The zero-order chi connectivity index (χ0) is 18.9. The van der Waals surface area contributed by atoms with E-state index in [0.717, 1.165) is 48.1 Å². The molecule has 4 heterocycles. The number of fused-ring (bicyclic) bond motifs is 1. The third-order valence-corrected chi connectivity index (χ3v) is 5.50. The van der Waals surface area contributed by atoms with Crippen LogP contribution >= 0.6 is 0 Å². The number of rotatable bonds is 5. The Bertz CT molecular complexity index is 984. The van der Waals surface area contributed by atoms with Gasteiger partial charge in [0.05, 0.1) is 17.4 Å². The molecule has 0 radical (unpaired) electrons. The molecule has 1 aliphatic carbocycles. The average Bonchev–Trinajstić information content (AvgIpc) is 3.57. The van der Waals surface area contributed by atoms with Crippen LogP contribution in [0.3, 0.4) is 0 Å². The van der Waals surface area contributed by atoms with Crippen LogP contribution in [-0.2, 0) is 13.0 Å². The Hall–Kier alpha value is -2.86. The second-order valence-corrected chi connectivity index (χ2v) is 7.71. The summed E-state index contributed by atoms with van der Waals surface area (Å²) in [4.78, 5) is 18.7. The van der Waals surface area contributed by atoms with Crippen LogP contribution in [0.2, 0.25) is 0 Å². The van der Waals surface area contributed by atoms with Gasteiger partial charge < -0.3 is 10.6 Å². The predicted molar refractivity (Wildman–Crippen MR) is 109 cm³/mol. The van der Waals surface area contributed by atoms with E-state index in [2.05, 4.69) is 33.6 Å². The van der Waals surface area contributed by atoms with Crippen molar-refractivity contribution in [2.75, 3.05) is 11.9 Å². The van der Waals surface area contributed by atoms with Gasteiger partial charge in [0.25, 0.3) is 0 Å². The van der Waals surface area contributed by atoms with Gasteiger partial charge in [-0.05, 0) is 68.5 Å². The highest BCUT2D eigenvalue weighted by molar-refractivity contribution is 5.60. The lowest BCUT2D eigenvalue weighted by atomic mass is 10.0. The second kappa shape index (κ2) is 7.28. The Labute approximate surface area is 164 Å². The molecule has 3 aromatic rings. The Morgan fingerprint density at radius 1 is 1.18 bits per heavy atom. The van der Waals surface area contributed by atoms with Gasteiger partial charge in [-0.25, -0.2) is 9.97 Å². The monoisotopic (exact) mass is 372 g/mol. The Morgan fingerprint density at radius 2 is 2.11 bits per heavy atom. The molecule has 0 aromatic carbocycles. The summed E-state index contributed by atoms with van der Waals surface area (Å²) in [6.07, 6.45) is 8.90. The first-order valence-electron chi connectivity index (χ1n) is 9.98. The molecular formula is C22H24N6. The standard InChI is InChI=1S/C22H24N6/c1-14-6-10-25-18(11-14)20(15-4-5-15)27-22-17-7-9-24-13-19(17)26-21(28-22)16-3-2-8-23-12-16/h2-3,6,8,10-12,15,20,24H,4-5,7,9,13H2,1H3,(H,26,27,28)/t20-/m0/s1. The summed E-state index contributed by atoms with van der Waals surface area (Å²) in [6, 6.07) is 8.36. The van der Waals surface area contributed by atoms with Crippen molar-refractivity contribution in [3.05, 3.63) is 65.4 Å². The number of aromatic nitrogens is 4. The maximum atomic E-state index is 4.94. The number of nitrogens with zero attached hydrogens (tertiary/aromatic N) is 4. The largest absolute Gasteiger partial charge is 0.361 e. The van der Waals surface area contributed by atoms with Crippen LogP contribution in [-0.4, -0.2) is 26.5 Å². The molecule has 1 aliphatic heterocycles. The van der Waals surface area contributed by atoms with Crippen LogP contribution in [0.1, 0.15) is 41.4 Å². The van der Waals surface area contributed by atoms with Gasteiger partial charge in [0, 0.05) is 36.3 Å². The molecule has 1 atom stereocenters. The number of hydrogen-bond donors (Lipinski definition) is 2. The normalized spacial score (nSPS) is 17.0. The van der Waals surface area contributed by atoms with Gasteiger partial charge in [0.2, 0.25) is 0 Å². The van der Waals surface area contributed by atoms with Gasteiger partial charge in [-0.2, -0.15) is 0 Å². The van der Waals surface area contributed by atoms with Gasteiger partial charge in [-0.1, -0.05) is 0 Å². The Kier molecular flexibility index (Phi) is 4.49. The van der Waals surface area contributed by atoms with E-state index >= 15 is 0 Å². The molecule has 5 rings (SSSR count).